The fourth-order valence-corrected chi connectivity index (χ4v) is 2.47. The molecular weight excluding hydrogens is 358 g/mol. The van der Waals surface area contributed by atoms with E-state index in [1.165, 1.54) is 6.92 Å². The molecule has 0 rings (SSSR count). The van der Waals surface area contributed by atoms with Crippen molar-refractivity contribution in [2.75, 3.05) is 13.2 Å². The smallest absolute Gasteiger partial charge is 0.322 e. The van der Waals surface area contributed by atoms with E-state index in [0.717, 1.165) is 0 Å². The third-order valence-corrected chi connectivity index (χ3v) is 4.56. The number of ether oxygens (including phenoxy) is 1. The predicted molar refractivity (Wildman–Crippen MR) is 86.3 cm³/mol. The van der Waals surface area contributed by atoms with E-state index in [2.05, 4.69) is 5.32 Å². The number of nitrogens with one attached hydrogen (secondary N) is 1. The minimum Gasteiger partial charge on any atom is -0.481 e. The third kappa shape index (κ3) is 8.70. The van der Waals surface area contributed by atoms with Crippen molar-refractivity contribution in [1.29, 1.82) is 0 Å². The van der Waals surface area contributed by atoms with E-state index in [-0.39, 0.29) is 38.6 Å². The van der Waals surface area contributed by atoms with Gasteiger partial charge in [0.1, 0.15) is 23.7 Å². The maximum Gasteiger partial charge on any atom is 0.322 e. The zero-order valence-corrected chi connectivity index (χ0v) is 14.6. The number of carboxylic acid groups (broad SMARTS) is 2. The lowest BCUT2D eigenvalue weighted by molar-refractivity contribution is -0.148. The van der Waals surface area contributed by atoms with Crippen LogP contribution >= 0.6 is 0 Å². The number of hydrogen-bond donors (Lipinski definition) is 4. The maximum atomic E-state index is 11.6. The number of carboxylic acids is 2. The number of carbonyl (C=O) groups excluding carboxylic acids is 2. The molecule has 0 saturated carbocycles. The fraction of sp³-hybridized carbons (Fsp3) is 0.714. The molecule has 0 aliphatic carbocycles. The van der Waals surface area contributed by atoms with Crippen LogP contribution in [0.3, 0.4) is 0 Å². The summed E-state index contributed by atoms with van der Waals surface area (Å²) in [6.45, 7) is 0.531. The van der Waals surface area contributed by atoms with Crippen LogP contribution in [-0.4, -0.2) is 67.1 Å². The van der Waals surface area contributed by atoms with Gasteiger partial charge < -0.3 is 29.6 Å². The van der Waals surface area contributed by atoms with Gasteiger partial charge in [0.15, 0.2) is 11.1 Å². The first-order chi connectivity index (χ1) is 11.6. The quantitative estimate of drug-likeness (QED) is 0.137. The number of carbonyl (C=O) groups is 4. The van der Waals surface area contributed by atoms with Crippen LogP contribution in [0.5, 0.6) is 0 Å². The highest BCUT2D eigenvalue weighted by molar-refractivity contribution is 7.80. The second kappa shape index (κ2) is 11.7. The Labute approximate surface area is 147 Å². The molecular formula is C14H23NO9S. The Bertz CT molecular complexity index is 511. The van der Waals surface area contributed by atoms with E-state index in [1.54, 1.807) is 0 Å². The normalized spacial score (nSPS) is 15.6. The van der Waals surface area contributed by atoms with Gasteiger partial charge in [-0.2, -0.15) is 0 Å². The topological polar surface area (TPSA) is 167 Å². The molecule has 0 saturated heterocycles. The number of aldehydes is 1. The van der Waals surface area contributed by atoms with Crippen LogP contribution < -0.4 is 5.32 Å². The summed E-state index contributed by atoms with van der Waals surface area (Å²) in [6, 6.07) is -1.52. The van der Waals surface area contributed by atoms with Crippen LogP contribution in [0.25, 0.3) is 0 Å². The van der Waals surface area contributed by atoms with Crippen LogP contribution in [0.15, 0.2) is 0 Å². The molecule has 0 amide bonds. The van der Waals surface area contributed by atoms with Crippen LogP contribution in [0.4, 0.5) is 0 Å². The lowest BCUT2D eigenvalue weighted by Gasteiger charge is -2.31. The average Bonchev–Trinajstić information content (AvgIpc) is 2.52. The second-order valence-electron chi connectivity index (χ2n) is 5.50. The minimum atomic E-state index is -2.64. The largest absolute Gasteiger partial charge is 0.481 e. The molecule has 10 nitrogen and oxygen atoms in total. The molecule has 0 aromatic rings. The molecule has 0 fully saturated rings. The van der Waals surface area contributed by atoms with E-state index in [0.29, 0.717) is 6.29 Å². The Morgan fingerprint density at radius 2 is 1.84 bits per heavy atom. The standard InChI is InChI=1S/C14H23NO9S/c1-14(25(22)23,12(13(20)21)15-7-4-8-16)9-24-11(19)6-3-2-5-10(17)18/h8,12,15H,2-7,9H2,1H3,(H,17,18)(H,20,21)(H,22,23)/t12-,14-/m0/s1. The molecule has 4 N–H and O–H groups in total. The molecule has 11 heteroatoms. The molecule has 0 aromatic carbocycles. The van der Waals surface area contributed by atoms with Gasteiger partial charge in [-0.05, 0) is 19.8 Å². The first-order valence-electron chi connectivity index (χ1n) is 7.53. The molecule has 0 aromatic heterocycles. The summed E-state index contributed by atoms with van der Waals surface area (Å²) in [5, 5.41) is 20.2. The van der Waals surface area contributed by atoms with Crippen molar-refractivity contribution < 1.29 is 42.9 Å². The summed E-state index contributed by atoms with van der Waals surface area (Å²) in [7, 11) is 0. The number of aliphatic carboxylic acids is 2. The van der Waals surface area contributed by atoms with Crippen LogP contribution in [0, 0.1) is 0 Å². The highest BCUT2D eigenvalue weighted by Gasteiger charge is 2.45. The van der Waals surface area contributed by atoms with E-state index < -0.39 is 46.4 Å². The Morgan fingerprint density at radius 1 is 1.24 bits per heavy atom. The van der Waals surface area contributed by atoms with Crippen LogP contribution in [-0.2, 0) is 35.0 Å². The molecule has 0 radical (unpaired) electrons. The first-order valence-corrected chi connectivity index (χ1v) is 8.64. The minimum absolute atomic E-state index is 0.0152. The van der Waals surface area contributed by atoms with E-state index in [4.69, 9.17) is 9.84 Å². The predicted octanol–water partition coefficient (Wildman–Crippen LogP) is -0.213. The van der Waals surface area contributed by atoms with Gasteiger partial charge in [0.25, 0.3) is 0 Å². The molecule has 0 spiro atoms. The molecule has 144 valence electrons. The van der Waals surface area contributed by atoms with Gasteiger partial charge in [-0.25, -0.2) is 4.21 Å². The van der Waals surface area contributed by atoms with Gasteiger partial charge in [-0.15, -0.1) is 0 Å². The number of unbranched alkanes of at least 4 members (excludes halogenated alkanes) is 1. The van der Waals surface area contributed by atoms with Crippen molar-refractivity contribution in [2.45, 2.75) is 49.8 Å². The molecule has 0 aliphatic heterocycles. The van der Waals surface area contributed by atoms with Crippen LogP contribution in [0.1, 0.15) is 39.0 Å². The molecule has 25 heavy (non-hydrogen) atoms. The Hall–Kier alpha value is -1.85. The van der Waals surface area contributed by atoms with Crippen molar-refractivity contribution in [3.63, 3.8) is 0 Å². The average molecular weight is 381 g/mol. The number of rotatable bonds is 14. The number of esters is 1. The highest BCUT2D eigenvalue weighted by atomic mass is 32.2. The Kier molecular flexibility index (Phi) is 10.8. The molecule has 0 bridgehead atoms. The molecule has 0 heterocycles. The molecule has 1 unspecified atom stereocenters. The SMILES string of the molecule is C[C@](COC(=O)CCCCC(=O)O)([C@@H](NCCC=O)C(=O)O)S(=O)O. The zero-order valence-electron chi connectivity index (χ0n) is 13.8. The van der Waals surface area contributed by atoms with Gasteiger partial charge in [0, 0.05) is 25.8 Å². The van der Waals surface area contributed by atoms with Gasteiger partial charge in [0.05, 0.1) is 0 Å². The van der Waals surface area contributed by atoms with E-state index in [1.807, 2.05) is 0 Å². The highest BCUT2D eigenvalue weighted by Crippen LogP contribution is 2.20. The summed E-state index contributed by atoms with van der Waals surface area (Å²) in [4.78, 5) is 43.7. The Morgan fingerprint density at radius 3 is 2.32 bits per heavy atom. The maximum absolute atomic E-state index is 11.6. The van der Waals surface area contributed by atoms with Crippen molar-refractivity contribution in [3.8, 4) is 0 Å². The van der Waals surface area contributed by atoms with Gasteiger partial charge in [-0.3, -0.25) is 14.4 Å². The molecule has 0 aliphatic rings. The fourth-order valence-electron chi connectivity index (χ4n) is 1.93. The molecule has 3 atom stereocenters. The van der Waals surface area contributed by atoms with E-state index in [9.17, 15) is 33.0 Å². The lowest BCUT2D eigenvalue weighted by atomic mass is 10.0. The summed E-state index contributed by atoms with van der Waals surface area (Å²) in [6.07, 6.45) is 0.950. The van der Waals surface area contributed by atoms with E-state index >= 15 is 0 Å². The summed E-state index contributed by atoms with van der Waals surface area (Å²) >= 11 is -2.64. The lowest BCUT2D eigenvalue weighted by Crippen LogP contribution is -2.58. The van der Waals surface area contributed by atoms with Crippen molar-refractivity contribution in [1.82, 2.24) is 5.32 Å². The summed E-state index contributed by atoms with van der Waals surface area (Å²) in [5.41, 5.74) is 0. The number of hydrogen-bond acceptors (Lipinski definition) is 7. The summed E-state index contributed by atoms with van der Waals surface area (Å²) in [5.74, 6) is -3.13. The van der Waals surface area contributed by atoms with Gasteiger partial charge in [-0.1, -0.05) is 0 Å². The van der Waals surface area contributed by atoms with Crippen molar-refractivity contribution in [2.24, 2.45) is 0 Å². The zero-order chi connectivity index (χ0) is 19.5. The van der Waals surface area contributed by atoms with Gasteiger partial charge >= 0.3 is 17.9 Å². The second-order valence-corrected chi connectivity index (χ2v) is 6.94. The monoisotopic (exact) mass is 381 g/mol. The Balaban J connectivity index is 4.74. The van der Waals surface area contributed by atoms with Crippen molar-refractivity contribution >= 4 is 35.3 Å². The van der Waals surface area contributed by atoms with Gasteiger partial charge in [0.2, 0.25) is 0 Å². The first kappa shape index (κ1) is 23.1. The summed E-state index contributed by atoms with van der Waals surface area (Å²) < 4.78 is 24.2. The van der Waals surface area contributed by atoms with Crippen molar-refractivity contribution in [3.05, 3.63) is 0 Å². The third-order valence-electron chi connectivity index (χ3n) is 3.41. The van der Waals surface area contributed by atoms with Crippen LogP contribution in [0.2, 0.25) is 0 Å².